The van der Waals surface area contributed by atoms with Crippen molar-refractivity contribution in [1.29, 1.82) is 0 Å². The Balaban J connectivity index is 2.20. The molecule has 7 heteroatoms. The molecule has 0 aromatic heterocycles. The van der Waals surface area contributed by atoms with Crippen LogP contribution in [0.1, 0.15) is 24.2 Å². The van der Waals surface area contributed by atoms with E-state index in [1.165, 1.54) is 32.0 Å². The Kier molecular flexibility index (Phi) is 6.30. The number of ketones is 1. The molecule has 0 saturated carbocycles. The van der Waals surface area contributed by atoms with Gasteiger partial charge < -0.3 is 10.6 Å². The molecule has 0 aliphatic rings. The molecule has 2 rings (SSSR count). The molecule has 130 valence electrons. The predicted molar refractivity (Wildman–Crippen MR) is 96.5 cm³/mol. The summed E-state index contributed by atoms with van der Waals surface area (Å²) in [5, 5.41) is 5.18. The Morgan fingerprint density at radius 3 is 2.32 bits per heavy atom. The zero-order valence-electron chi connectivity index (χ0n) is 13.8. The highest BCUT2D eigenvalue weighted by Crippen LogP contribution is 2.26. The van der Waals surface area contributed by atoms with Crippen molar-refractivity contribution in [2.75, 3.05) is 16.4 Å². The minimum absolute atomic E-state index is 0.0208. The lowest BCUT2D eigenvalue weighted by atomic mass is 10.1. The van der Waals surface area contributed by atoms with Gasteiger partial charge in [-0.25, -0.2) is 4.39 Å². The molecule has 0 fully saturated rings. The third kappa shape index (κ3) is 5.42. The van der Waals surface area contributed by atoms with Crippen LogP contribution in [0.2, 0.25) is 0 Å². The first-order valence-electron chi connectivity index (χ1n) is 7.46. The second-order valence-corrected chi connectivity index (χ2v) is 6.28. The Bertz CT molecular complexity index is 824. The largest absolute Gasteiger partial charge is 0.326 e. The van der Waals surface area contributed by atoms with E-state index in [-0.39, 0.29) is 29.2 Å². The van der Waals surface area contributed by atoms with E-state index in [0.29, 0.717) is 21.8 Å². The molecular weight excluding hydrogens is 343 g/mol. The van der Waals surface area contributed by atoms with Crippen molar-refractivity contribution in [2.45, 2.75) is 18.7 Å². The zero-order valence-corrected chi connectivity index (χ0v) is 14.6. The number of nitrogens with one attached hydrogen (secondary N) is 2. The summed E-state index contributed by atoms with van der Waals surface area (Å²) < 4.78 is 13.6. The van der Waals surface area contributed by atoms with Crippen LogP contribution in [0.4, 0.5) is 15.8 Å². The summed E-state index contributed by atoms with van der Waals surface area (Å²) in [6.07, 6.45) is 0. The van der Waals surface area contributed by atoms with Crippen molar-refractivity contribution in [3.05, 3.63) is 53.8 Å². The van der Waals surface area contributed by atoms with Gasteiger partial charge in [0, 0.05) is 30.0 Å². The molecule has 2 amide bonds. The Labute approximate surface area is 149 Å². The molecule has 0 spiro atoms. The number of rotatable bonds is 6. The number of Topliss-reactive ketones (excluding diaryl/α,β-unsaturated/α-hetero) is 1. The van der Waals surface area contributed by atoms with Gasteiger partial charge in [-0.05, 0) is 30.3 Å². The highest BCUT2D eigenvalue weighted by atomic mass is 32.2. The number of anilines is 2. The van der Waals surface area contributed by atoms with Crippen LogP contribution in [0, 0.1) is 5.82 Å². The Hall–Kier alpha value is -2.67. The van der Waals surface area contributed by atoms with Gasteiger partial charge >= 0.3 is 0 Å². The maximum Gasteiger partial charge on any atom is 0.221 e. The van der Waals surface area contributed by atoms with Crippen molar-refractivity contribution in [3.8, 4) is 0 Å². The summed E-state index contributed by atoms with van der Waals surface area (Å²) in [4.78, 5) is 35.4. The molecule has 0 radical (unpaired) electrons. The number of benzene rings is 2. The molecule has 0 saturated heterocycles. The third-order valence-corrected chi connectivity index (χ3v) is 4.20. The zero-order chi connectivity index (χ0) is 18.4. The minimum Gasteiger partial charge on any atom is -0.326 e. The molecule has 2 N–H and O–H groups in total. The summed E-state index contributed by atoms with van der Waals surface area (Å²) in [7, 11) is 0. The Morgan fingerprint density at radius 1 is 1.00 bits per heavy atom. The number of halogens is 1. The third-order valence-electron chi connectivity index (χ3n) is 3.15. The van der Waals surface area contributed by atoms with Crippen molar-refractivity contribution in [1.82, 2.24) is 0 Å². The van der Waals surface area contributed by atoms with Gasteiger partial charge in [-0.15, -0.1) is 11.8 Å². The van der Waals surface area contributed by atoms with E-state index < -0.39 is 0 Å². The molecular formula is C18H17FN2O3S. The van der Waals surface area contributed by atoms with Crippen LogP contribution in [0.15, 0.2) is 47.4 Å². The molecule has 0 unspecified atom stereocenters. The van der Waals surface area contributed by atoms with Gasteiger partial charge in [0.1, 0.15) is 5.82 Å². The van der Waals surface area contributed by atoms with Crippen LogP contribution in [-0.2, 0) is 9.59 Å². The van der Waals surface area contributed by atoms with Crippen LogP contribution in [0.5, 0.6) is 0 Å². The lowest BCUT2D eigenvalue weighted by molar-refractivity contribution is -0.115. The van der Waals surface area contributed by atoms with E-state index in [2.05, 4.69) is 10.6 Å². The van der Waals surface area contributed by atoms with Gasteiger partial charge in [-0.1, -0.05) is 12.1 Å². The topological polar surface area (TPSA) is 75.3 Å². The van der Waals surface area contributed by atoms with E-state index in [1.807, 2.05) is 0 Å². The normalized spacial score (nSPS) is 10.2. The maximum atomic E-state index is 13.6. The second kappa shape index (κ2) is 8.43. The quantitative estimate of drug-likeness (QED) is 0.608. The predicted octanol–water partition coefficient (Wildman–Crippen LogP) is 3.72. The summed E-state index contributed by atoms with van der Waals surface area (Å²) in [6, 6.07) is 10.8. The Morgan fingerprint density at radius 2 is 1.68 bits per heavy atom. The molecule has 0 atom stereocenters. The van der Waals surface area contributed by atoms with Crippen molar-refractivity contribution < 1.29 is 18.8 Å². The van der Waals surface area contributed by atoms with Gasteiger partial charge in [0.15, 0.2) is 5.78 Å². The highest BCUT2D eigenvalue weighted by Gasteiger charge is 2.15. The van der Waals surface area contributed by atoms with Crippen molar-refractivity contribution >= 4 is 40.7 Å². The van der Waals surface area contributed by atoms with Gasteiger partial charge in [0.25, 0.3) is 0 Å². The van der Waals surface area contributed by atoms with Gasteiger partial charge in [0.05, 0.1) is 11.4 Å². The first-order valence-corrected chi connectivity index (χ1v) is 8.45. The molecule has 25 heavy (non-hydrogen) atoms. The molecule has 0 bridgehead atoms. The van der Waals surface area contributed by atoms with E-state index in [9.17, 15) is 18.8 Å². The average molecular weight is 360 g/mol. The van der Waals surface area contributed by atoms with Gasteiger partial charge in [-0.2, -0.15) is 0 Å². The lowest BCUT2D eigenvalue weighted by Crippen LogP contribution is -2.14. The first kappa shape index (κ1) is 18.7. The van der Waals surface area contributed by atoms with E-state index in [0.717, 1.165) is 11.8 Å². The van der Waals surface area contributed by atoms with Crippen LogP contribution in [0.3, 0.4) is 0 Å². The number of carbonyl (C=O) groups is 3. The smallest absolute Gasteiger partial charge is 0.221 e. The second-order valence-electron chi connectivity index (χ2n) is 5.27. The highest BCUT2D eigenvalue weighted by molar-refractivity contribution is 8.00. The van der Waals surface area contributed by atoms with E-state index in [1.54, 1.807) is 24.3 Å². The molecule has 0 aliphatic heterocycles. The van der Waals surface area contributed by atoms with Gasteiger partial charge in [-0.3, -0.25) is 14.4 Å². The first-order chi connectivity index (χ1) is 11.9. The molecule has 2 aromatic carbocycles. The number of hydrogen-bond acceptors (Lipinski definition) is 4. The standard InChI is InChI=1S/C18H17FN2O3S/c1-11(22)20-13-7-8-14(16(9-13)21-12(2)23)17(24)10-25-18-6-4-3-5-15(18)19/h3-9H,10H2,1-2H3,(H,20,22)(H,21,23). The number of carbonyl (C=O) groups excluding carboxylic acids is 3. The summed E-state index contributed by atoms with van der Waals surface area (Å²) in [5.41, 5.74) is 1.07. The van der Waals surface area contributed by atoms with E-state index in [4.69, 9.17) is 0 Å². The fourth-order valence-corrected chi connectivity index (χ4v) is 2.97. The van der Waals surface area contributed by atoms with Crippen LogP contribution < -0.4 is 10.6 Å². The summed E-state index contributed by atoms with van der Waals surface area (Å²) >= 11 is 1.09. The molecule has 0 heterocycles. The fourth-order valence-electron chi connectivity index (χ4n) is 2.14. The van der Waals surface area contributed by atoms with Gasteiger partial charge in [0.2, 0.25) is 11.8 Å². The minimum atomic E-state index is -0.386. The molecule has 5 nitrogen and oxygen atoms in total. The van der Waals surface area contributed by atoms with Crippen LogP contribution in [0.25, 0.3) is 0 Å². The average Bonchev–Trinajstić information content (AvgIpc) is 2.53. The van der Waals surface area contributed by atoms with Crippen LogP contribution >= 0.6 is 11.8 Å². The SMILES string of the molecule is CC(=O)Nc1ccc(C(=O)CSc2ccccc2F)c(NC(C)=O)c1. The van der Waals surface area contributed by atoms with E-state index >= 15 is 0 Å². The number of hydrogen-bond donors (Lipinski definition) is 2. The number of thioether (sulfide) groups is 1. The monoisotopic (exact) mass is 360 g/mol. The summed E-state index contributed by atoms with van der Waals surface area (Å²) in [5.74, 6) is -1.22. The maximum absolute atomic E-state index is 13.6. The van der Waals surface area contributed by atoms with Crippen molar-refractivity contribution in [2.24, 2.45) is 0 Å². The van der Waals surface area contributed by atoms with Crippen LogP contribution in [-0.4, -0.2) is 23.4 Å². The molecule has 2 aromatic rings. The fraction of sp³-hybridized carbons (Fsp3) is 0.167. The summed E-state index contributed by atoms with van der Waals surface area (Å²) in [6.45, 7) is 2.69. The lowest BCUT2D eigenvalue weighted by Gasteiger charge is -2.12. The molecule has 0 aliphatic carbocycles. The number of amides is 2. The van der Waals surface area contributed by atoms with Crippen molar-refractivity contribution in [3.63, 3.8) is 0 Å².